The Labute approximate surface area is 222 Å². The van der Waals surface area contributed by atoms with Crippen LogP contribution in [-0.2, 0) is 17.0 Å². The molecule has 1 aromatic heterocycles. The van der Waals surface area contributed by atoms with Crippen LogP contribution in [0.1, 0.15) is 27.9 Å². The predicted molar refractivity (Wildman–Crippen MR) is 146 cm³/mol. The van der Waals surface area contributed by atoms with E-state index in [-0.39, 0.29) is 5.91 Å². The zero-order valence-electron chi connectivity index (χ0n) is 20.5. The zero-order chi connectivity index (χ0) is 25.2. The van der Waals surface area contributed by atoms with E-state index in [4.69, 9.17) is 21.3 Å². The lowest BCUT2D eigenvalue weighted by Crippen LogP contribution is -2.38. The fourth-order valence-electron chi connectivity index (χ4n) is 3.97. The van der Waals surface area contributed by atoms with Crippen LogP contribution in [0.2, 0.25) is 5.15 Å². The van der Waals surface area contributed by atoms with Crippen molar-refractivity contribution in [3.05, 3.63) is 82.5 Å². The summed E-state index contributed by atoms with van der Waals surface area (Å²) in [4.78, 5) is 26.1. The molecule has 1 aliphatic heterocycles. The van der Waals surface area contributed by atoms with E-state index in [1.54, 1.807) is 6.07 Å². The highest BCUT2D eigenvalue weighted by Gasteiger charge is 2.12. The van der Waals surface area contributed by atoms with Gasteiger partial charge in [0, 0.05) is 50.6 Å². The summed E-state index contributed by atoms with van der Waals surface area (Å²) in [6.45, 7) is 5.88. The molecule has 0 radical (unpaired) electrons. The lowest BCUT2D eigenvalue weighted by atomic mass is 10.1. The van der Waals surface area contributed by atoms with Crippen molar-refractivity contribution in [2.45, 2.75) is 23.9 Å². The molecule has 4 rings (SSSR count). The molecule has 3 aromatic rings. The molecule has 1 saturated heterocycles. The molecule has 0 saturated carbocycles. The first-order chi connectivity index (χ1) is 17.6. The molecule has 0 aliphatic carbocycles. The second-order valence-corrected chi connectivity index (χ2v) is 10.1. The summed E-state index contributed by atoms with van der Waals surface area (Å²) in [5.41, 5.74) is 2.89. The number of anilines is 1. The largest absolute Gasteiger partial charge is 0.379 e. The summed E-state index contributed by atoms with van der Waals surface area (Å²) < 4.78 is 5.38. The molecule has 1 fully saturated rings. The van der Waals surface area contributed by atoms with Crippen LogP contribution in [0.4, 0.5) is 5.82 Å². The van der Waals surface area contributed by atoms with Crippen molar-refractivity contribution < 1.29 is 9.53 Å². The van der Waals surface area contributed by atoms with Crippen LogP contribution in [0, 0.1) is 0 Å². The number of nitrogens with zero attached hydrogens (tertiary/aromatic N) is 4. The molecule has 0 atom stereocenters. The fraction of sp³-hybridized carbons (Fsp3) is 0.370. The van der Waals surface area contributed by atoms with Crippen LogP contribution in [0.25, 0.3) is 0 Å². The summed E-state index contributed by atoms with van der Waals surface area (Å²) >= 11 is 7.80. The topological polar surface area (TPSA) is 70.6 Å². The van der Waals surface area contributed by atoms with Gasteiger partial charge in [0.2, 0.25) is 0 Å². The molecule has 2 heterocycles. The van der Waals surface area contributed by atoms with Crippen molar-refractivity contribution in [1.29, 1.82) is 0 Å². The number of morpholine rings is 1. The highest BCUT2D eigenvalue weighted by molar-refractivity contribution is 7.98. The van der Waals surface area contributed by atoms with Gasteiger partial charge in [-0.1, -0.05) is 65.8 Å². The number of benzene rings is 2. The van der Waals surface area contributed by atoms with Gasteiger partial charge in [-0.05, 0) is 36.2 Å². The highest BCUT2D eigenvalue weighted by Crippen LogP contribution is 2.25. The summed E-state index contributed by atoms with van der Waals surface area (Å²) in [7, 11) is 1.99. The minimum Gasteiger partial charge on any atom is -0.379 e. The quantitative estimate of drug-likeness (QED) is 0.171. The van der Waals surface area contributed by atoms with Gasteiger partial charge in [0.1, 0.15) is 11.0 Å². The molecule has 2 aromatic carbocycles. The van der Waals surface area contributed by atoms with Gasteiger partial charge >= 0.3 is 0 Å². The van der Waals surface area contributed by atoms with E-state index in [1.165, 1.54) is 17.3 Å². The number of ether oxygens (including phenoxy) is 1. The van der Waals surface area contributed by atoms with Gasteiger partial charge < -0.3 is 15.0 Å². The Morgan fingerprint density at radius 2 is 1.86 bits per heavy atom. The lowest BCUT2D eigenvalue weighted by Gasteiger charge is -2.26. The van der Waals surface area contributed by atoms with Crippen molar-refractivity contribution in [3.63, 3.8) is 0 Å². The van der Waals surface area contributed by atoms with E-state index >= 15 is 0 Å². The van der Waals surface area contributed by atoms with Crippen LogP contribution >= 0.6 is 23.4 Å². The van der Waals surface area contributed by atoms with Crippen molar-refractivity contribution in [2.24, 2.45) is 0 Å². The average Bonchev–Trinajstić information content (AvgIpc) is 2.91. The number of nitrogens with one attached hydrogen (secondary N) is 1. The number of thioether (sulfide) groups is 1. The number of rotatable bonds is 11. The van der Waals surface area contributed by atoms with Crippen molar-refractivity contribution >= 4 is 35.1 Å². The lowest BCUT2D eigenvalue weighted by molar-refractivity contribution is 0.0374. The minimum atomic E-state index is -0.0485. The Hall–Kier alpha value is -2.65. The van der Waals surface area contributed by atoms with Gasteiger partial charge in [0.05, 0.1) is 13.2 Å². The third-order valence-corrected chi connectivity index (χ3v) is 7.02. The summed E-state index contributed by atoms with van der Waals surface area (Å²) in [6, 6.07) is 19.7. The number of halogens is 1. The SMILES string of the molecule is CN(Cc1ccccc1)c1cc(Cl)nc(SCc2cccc(C(=O)NCCCN3CCOCC3)c2)n1. The molecular formula is C27H32ClN5O2S. The Balaban J connectivity index is 1.28. The molecule has 1 aliphatic rings. The standard InChI is InChI=1S/C27H32ClN5O2S/c1-32(19-21-7-3-2-4-8-21)25-18-24(28)30-27(31-25)36-20-22-9-5-10-23(17-22)26(34)29-11-6-12-33-13-15-35-16-14-33/h2-5,7-10,17-18H,6,11-16,19-20H2,1H3,(H,29,34). The molecule has 9 heteroatoms. The minimum absolute atomic E-state index is 0.0485. The van der Waals surface area contributed by atoms with E-state index in [1.807, 2.05) is 49.5 Å². The van der Waals surface area contributed by atoms with Gasteiger partial charge in [0.25, 0.3) is 5.91 Å². The molecule has 0 spiro atoms. The number of carbonyl (C=O) groups excluding carboxylic acids is 1. The number of amides is 1. The molecule has 1 N–H and O–H groups in total. The molecule has 7 nitrogen and oxygen atoms in total. The summed E-state index contributed by atoms with van der Waals surface area (Å²) in [5.74, 6) is 1.36. The van der Waals surface area contributed by atoms with E-state index in [0.717, 1.165) is 57.2 Å². The molecule has 0 bridgehead atoms. The Morgan fingerprint density at radius 1 is 1.08 bits per heavy atom. The summed E-state index contributed by atoms with van der Waals surface area (Å²) in [6.07, 6.45) is 0.925. The maximum atomic E-state index is 12.6. The molecule has 0 unspecified atom stereocenters. The number of hydrogen-bond donors (Lipinski definition) is 1. The van der Waals surface area contributed by atoms with E-state index < -0.39 is 0 Å². The number of aromatic nitrogens is 2. The van der Waals surface area contributed by atoms with Crippen LogP contribution in [-0.4, -0.2) is 67.2 Å². The van der Waals surface area contributed by atoms with Crippen LogP contribution in [0.5, 0.6) is 0 Å². The van der Waals surface area contributed by atoms with Gasteiger partial charge in [-0.3, -0.25) is 9.69 Å². The maximum Gasteiger partial charge on any atom is 0.251 e. The van der Waals surface area contributed by atoms with Crippen molar-refractivity contribution in [1.82, 2.24) is 20.2 Å². The normalized spacial score (nSPS) is 13.9. The first-order valence-corrected chi connectivity index (χ1v) is 13.5. The van der Waals surface area contributed by atoms with Gasteiger partial charge in [-0.15, -0.1) is 0 Å². The van der Waals surface area contributed by atoms with E-state index in [2.05, 4.69) is 32.2 Å². The van der Waals surface area contributed by atoms with Crippen molar-refractivity contribution in [2.75, 3.05) is 51.3 Å². The van der Waals surface area contributed by atoms with Crippen LogP contribution in [0.3, 0.4) is 0 Å². The average molecular weight is 526 g/mol. The maximum absolute atomic E-state index is 12.6. The second kappa shape index (κ2) is 13.6. The predicted octanol–water partition coefficient (Wildman–Crippen LogP) is 4.51. The number of carbonyl (C=O) groups is 1. The fourth-order valence-corrected chi connectivity index (χ4v) is 4.99. The molecular weight excluding hydrogens is 494 g/mol. The molecule has 36 heavy (non-hydrogen) atoms. The van der Waals surface area contributed by atoms with E-state index in [0.29, 0.717) is 28.2 Å². The first kappa shape index (κ1) is 26.4. The van der Waals surface area contributed by atoms with Crippen LogP contribution < -0.4 is 10.2 Å². The van der Waals surface area contributed by atoms with Gasteiger partial charge in [0.15, 0.2) is 5.16 Å². The highest BCUT2D eigenvalue weighted by atomic mass is 35.5. The van der Waals surface area contributed by atoms with Gasteiger partial charge in [-0.2, -0.15) is 0 Å². The number of hydrogen-bond acceptors (Lipinski definition) is 7. The third-order valence-electron chi connectivity index (χ3n) is 5.91. The molecule has 190 valence electrons. The van der Waals surface area contributed by atoms with Gasteiger partial charge in [-0.25, -0.2) is 9.97 Å². The molecule has 1 amide bonds. The zero-order valence-corrected chi connectivity index (χ0v) is 22.1. The Bertz CT molecular complexity index is 1130. The van der Waals surface area contributed by atoms with Crippen molar-refractivity contribution in [3.8, 4) is 0 Å². The summed E-state index contributed by atoms with van der Waals surface area (Å²) in [5, 5.41) is 4.05. The first-order valence-electron chi connectivity index (χ1n) is 12.2. The van der Waals surface area contributed by atoms with E-state index in [9.17, 15) is 4.79 Å². The Morgan fingerprint density at radius 3 is 2.67 bits per heavy atom. The monoisotopic (exact) mass is 525 g/mol. The van der Waals surface area contributed by atoms with Crippen LogP contribution in [0.15, 0.2) is 65.8 Å². The third kappa shape index (κ3) is 8.20. The smallest absolute Gasteiger partial charge is 0.251 e. The second-order valence-electron chi connectivity index (χ2n) is 8.73. The Kier molecular flexibility index (Phi) is 9.98.